The molecule has 0 amide bonds. The van der Waals surface area contributed by atoms with Crippen LogP contribution in [0.1, 0.15) is 27.7 Å². The second kappa shape index (κ2) is 4.27. The number of rotatable bonds is 3. The molecule has 2 atom stereocenters. The van der Waals surface area contributed by atoms with Gasteiger partial charge < -0.3 is 5.32 Å². The minimum Gasteiger partial charge on any atom is -0.311 e. The van der Waals surface area contributed by atoms with Gasteiger partial charge in [0.15, 0.2) is 0 Å². The maximum Gasteiger partial charge on any atom is 0.0196 e. The van der Waals surface area contributed by atoms with Gasteiger partial charge in [-0.2, -0.15) is 0 Å². The molecule has 0 radical (unpaired) electrons. The van der Waals surface area contributed by atoms with Gasteiger partial charge in [0, 0.05) is 18.1 Å². The number of hydrogen-bond acceptors (Lipinski definition) is 2. The molecule has 0 aliphatic rings. The summed E-state index contributed by atoms with van der Waals surface area (Å²) in [4.78, 5) is 0. The normalized spacial score (nSPS) is 15.3. The van der Waals surface area contributed by atoms with Crippen LogP contribution in [0.25, 0.3) is 0 Å². The molecule has 2 unspecified atom stereocenters. The largest absolute Gasteiger partial charge is 0.311 e. The Balaban J connectivity index is 3.36. The molecule has 3 heteroatoms. The maximum absolute atomic E-state index is 3.40. The Morgan fingerprint density at radius 2 is 1.90 bits per heavy atom. The first-order chi connectivity index (χ1) is 4.45. The van der Waals surface area contributed by atoms with Crippen molar-refractivity contribution in [2.45, 2.75) is 39.3 Å². The van der Waals surface area contributed by atoms with Crippen molar-refractivity contribution in [1.82, 2.24) is 10.4 Å². The van der Waals surface area contributed by atoms with Crippen molar-refractivity contribution in [3.05, 3.63) is 0 Å². The van der Waals surface area contributed by atoms with Crippen LogP contribution in [0, 0.1) is 0 Å². The highest BCUT2D eigenvalue weighted by atomic mass is 31.0. The third-order valence-corrected chi connectivity index (χ3v) is 1.79. The van der Waals surface area contributed by atoms with Gasteiger partial charge in [0.05, 0.1) is 0 Å². The van der Waals surface area contributed by atoms with Crippen molar-refractivity contribution in [1.29, 1.82) is 0 Å². The molecular weight excluding hydrogens is 143 g/mol. The first kappa shape index (κ1) is 10.3. The predicted molar refractivity (Wildman–Crippen MR) is 50.1 cm³/mol. The Labute approximate surface area is 66.4 Å². The summed E-state index contributed by atoms with van der Waals surface area (Å²) in [7, 11) is 2.52. The lowest BCUT2D eigenvalue weighted by molar-refractivity contribution is 0.406. The Hall–Kier alpha value is 0.350. The lowest BCUT2D eigenvalue weighted by atomic mass is 10.1. The Bertz CT molecular complexity index is 88.1. The molecule has 0 heterocycles. The average molecular weight is 162 g/mol. The maximum atomic E-state index is 3.40. The first-order valence-corrected chi connectivity index (χ1v) is 4.24. The molecule has 0 bridgehead atoms. The third-order valence-electron chi connectivity index (χ3n) is 1.22. The Morgan fingerprint density at radius 3 is 2.20 bits per heavy atom. The van der Waals surface area contributed by atoms with E-state index < -0.39 is 0 Å². The van der Waals surface area contributed by atoms with Crippen molar-refractivity contribution in [2.24, 2.45) is 0 Å². The van der Waals surface area contributed by atoms with Crippen molar-refractivity contribution < 1.29 is 0 Å². The van der Waals surface area contributed by atoms with Gasteiger partial charge in [-0.15, -0.1) is 0 Å². The molecule has 0 aromatic carbocycles. The molecule has 0 aliphatic carbocycles. The molecule has 0 saturated carbocycles. The minimum atomic E-state index is 0.232. The molecule has 0 fully saturated rings. The molecule has 0 aromatic heterocycles. The fraction of sp³-hybridized carbons (Fsp3) is 1.00. The zero-order valence-corrected chi connectivity index (χ0v) is 8.52. The Morgan fingerprint density at radius 1 is 1.40 bits per heavy atom. The number of nitrogens with one attached hydrogen (secondary N) is 2. The monoisotopic (exact) mass is 162 g/mol. The fourth-order valence-corrected chi connectivity index (χ4v) is 0.636. The van der Waals surface area contributed by atoms with Crippen molar-refractivity contribution >= 4 is 9.39 Å². The average Bonchev–Trinajstić information content (AvgIpc) is 1.81. The zero-order chi connectivity index (χ0) is 8.20. The lowest BCUT2D eigenvalue weighted by Gasteiger charge is -2.22. The summed E-state index contributed by atoms with van der Waals surface area (Å²) in [5, 5.41) is 6.49. The Kier molecular flexibility index (Phi) is 4.42. The van der Waals surface area contributed by atoms with E-state index in [1.165, 1.54) is 0 Å². The molecule has 0 aromatic rings. The quantitative estimate of drug-likeness (QED) is 0.608. The van der Waals surface area contributed by atoms with Gasteiger partial charge in [0.2, 0.25) is 0 Å². The van der Waals surface area contributed by atoms with E-state index in [4.69, 9.17) is 0 Å². The van der Waals surface area contributed by atoms with Crippen molar-refractivity contribution in [3.63, 3.8) is 0 Å². The van der Waals surface area contributed by atoms with Crippen LogP contribution in [0.3, 0.4) is 0 Å². The standard InChI is InChI=1S/C7H19N2P/c1-6(9-10)5-8-7(2,3)4/h6,8-9H,5,10H2,1-4H3. The van der Waals surface area contributed by atoms with Crippen molar-refractivity contribution in [2.75, 3.05) is 6.54 Å². The summed E-state index contributed by atoms with van der Waals surface area (Å²) in [6.45, 7) is 9.66. The van der Waals surface area contributed by atoms with Crippen LogP contribution in [0.4, 0.5) is 0 Å². The van der Waals surface area contributed by atoms with Crippen LogP contribution < -0.4 is 10.4 Å². The molecule has 62 valence electrons. The SMILES string of the molecule is CC(CNC(C)(C)C)NP. The zero-order valence-electron chi connectivity index (χ0n) is 7.36. The van der Waals surface area contributed by atoms with E-state index in [0.717, 1.165) is 6.54 Å². The summed E-state index contributed by atoms with van der Waals surface area (Å²) >= 11 is 0. The van der Waals surface area contributed by atoms with Gasteiger partial charge in [-0.25, -0.2) is 0 Å². The highest BCUT2D eigenvalue weighted by Crippen LogP contribution is 1.98. The van der Waals surface area contributed by atoms with Gasteiger partial charge in [0.1, 0.15) is 0 Å². The summed E-state index contributed by atoms with van der Waals surface area (Å²) in [5.74, 6) is 0. The minimum absolute atomic E-state index is 0.232. The fourth-order valence-electron chi connectivity index (χ4n) is 0.518. The van der Waals surface area contributed by atoms with Crippen LogP contribution >= 0.6 is 9.39 Å². The van der Waals surface area contributed by atoms with Crippen LogP contribution in [-0.2, 0) is 0 Å². The van der Waals surface area contributed by atoms with Crippen LogP contribution in [-0.4, -0.2) is 18.1 Å². The van der Waals surface area contributed by atoms with Gasteiger partial charge in [-0.1, -0.05) is 9.39 Å². The van der Waals surface area contributed by atoms with E-state index in [0.29, 0.717) is 6.04 Å². The van der Waals surface area contributed by atoms with Crippen LogP contribution in [0.5, 0.6) is 0 Å². The number of hydrogen-bond donors (Lipinski definition) is 2. The van der Waals surface area contributed by atoms with Gasteiger partial charge in [0.25, 0.3) is 0 Å². The van der Waals surface area contributed by atoms with Crippen LogP contribution in [0.2, 0.25) is 0 Å². The highest BCUT2D eigenvalue weighted by Gasteiger charge is 2.09. The van der Waals surface area contributed by atoms with E-state index in [1.807, 2.05) is 0 Å². The molecule has 0 rings (SSSR count). The topological polar surface area (TPSA) is 24.1 Å². The van der Waals surface area contributed by atoms with Crippen LogP contribution in [0.15, 0.2) is 0 Å². The molecule has 0 aliphatic heterocycles. The van der Waals surface area contributed by atoms with Gasteiger partial charge in [-0.05, 0) is 27.7 Å². The molecule has 0 saturated heterocycles. The molecule has 10 heavy (non-hydrogen) atoms. The summed E-state index contributed by atoms with van der Waals surface area (Å²) in [5.41, 5.74) is 0.232. The molecule has 2 N–H and O–H groups in total. The summed E-state index contributed by atoms with van der Waals surface area (Å²) < 4.78 is 0. The molecule has 0 spiro atoms. The molecular formula is C7H19N2P. The van der Waals surface area contributed by atoms with E-state index in [1.54, 1.807) is 0 Å². The van der Waals surface area contributed by atoms with E-state index in [2.05, 4.69) is 47.5 Å². The predicted octanol–water partition coefficient (Wildman–Crippen LogP) is 1.14. The second-order valence-electron chi connectivity index (χ2n) is 3.70. The molecule has 2 nitrogen and oxygen atoms in total. The third kappa shape index (κ3) is 6.47. The van der Waals surface area contributed by atoms with E-state index >= 15 is 0 Å². The van der Waals surface area contributed by atoms with Gasteiger partial charge in [-0.3, -0.25) is 5.09 Å². The summed E-state index contributed by atoms with van der Waals surface area (Å²) in [6.07, 6.45) is 0. The second-order valence-corrected chi connectivity index (χ2v) is 4.03. The highest BCUT2D eigenvalue weighted by molar-refractivity contribution is 7.13. The van der Waals surface area contributed by atoms with Crippen molar-refractivity contribution in [3.8, 4) is 0 Å². The first-order valence-electron chi connectivity index (χ1n) is 3.67. The van der Waals surface area contributed by atoms with Gasteiger partial charge >= 0.3 is 0 Å². The van der Waals surface area contributed by atoms with E-state index in [-0.39, 0.29) is 5.54 Å². The lowest BCUT2D eigenvalue weighted by Crippen LogP contribution is -2.42. The smallest absolute Gasteiger partial charge is 0.0196 e. The van der Waals surface area contributed by atoms with E-state index in [9.17, 15) is 0 Å². The summed E-state index contributed by atoms with van der Waals surface area (Å²) in [6, 6.07) is 0.518.